The Hall–Kier alpha value is -3.20. The number of allylic oxidation sites excluding steroid dienone is 1. The maximum atomic E-state index is 12.1. The number of nitrogens with one attached hydrogen (secondary N) is 1. The van der Waals surface area contributed by atoms with E-state index in [4.69, 9.17) is 20.2 Å². The molecule has 1 aromatic heterocycles. The summed E-state index contributed by atoms with van der Waals surface area (Å²) in [6, 6.07) is 5.79. The molecule has 3 heterocycles. The predicted molar refractivity (Wildman–Crippen MR) is 125 cm³/mol. The zero-order valence-corrected chi connectivity index (χ0v) is 18.9. The number of anilines is 2. The molecular weight excluding hydrogens is 408 g/mol. The molecule has 32 heavy (non-hydrogen) atoms. The van der Waals surface area contributed by atoms with Gasteiger partial charge in [0.25, 0.3) is 0 Å². The number of fused-ring (bicyclic) bond motifs is 1. The van der Waals surface area contributed by atoms with Crippen LogP contribution in [0.4, 0.5) is 16.4 Å². The van der Waals surface area contributed by atoms with Crippen LogP contribution in [-0.2, 0) is 9.47 Å². The quantitative estimate of drug-likeness (QED) is 0.685. The van der Waals surface area contributed by atoms with Gasteiger partial charge in [-0.05, 0) is 58.7 Å². The molecule has 4 atom stereocenters. The molecule has 9 heteroatoms. The van der Waals surface area contributed by atoms with Gasteiger partial charge in [-0.15, -0.1) is 0 Å². The van der Waals surface area contributed by atoms with Gasteiger partial charge in [0.2, 0.25) is 5.95 Å². The Labute approximate surface area is 187 Å². The van der Waals surface area contributed by atoms with Gasteiger partial charge in [-0.25, -0.2) is 14.8 Å². The third-order valence-electron chi connectivity index (χ3n) is 5.78. The number of nitrogens with two attached hydrogens (primary N) is 1. The highest BCUT2D eigenvalue weighted by Gasteiger charge is 2.31. The first-order valence-electron chi connectivity index (χ1n) is 11.0. The number of rotatable bonds is 5. The molecule has 0 aliphatic carbocycles. The summed E-state index contributed by atoms with van der Waals surface area (Å²) in [6.07, 6.45) is 5.01. The molecule has 0 bridgehead atoms. The van der Waals surface area contributed by atoms with Crippen LogP contribution in [-0.4, -0.2) is 52.7 Å². The summed E-state index contributed by atoms with van der Waals surface area (Å²) in [6.45, 7) is 8.40. The third kappa shape index (κ3) is 4.67. The second-order valence-electron chi connectivity index (χ2n) is 8.54. The van der Waals surface area contributed by atoms with Crippen molar-refractivity contribution < 1.29 is 14.3 Å². The molecule has 9 nitrogen and oxygen atoms in total. The summed E-state index contributed by atoms with van der Waals surface area (Å²) < 4.78 is 10.9. The standard InChI is InChI=1S/C23H30N6O3/c1-13-12-31-23(30)29(13)19-6-5-17-11-25-22(27-20(17)9-19)28-21(10-24)16(4)26-18-7-14(2)32-15(3)8-18/h5-6,9-11,13-15,18H,7-8,12,24H2,1-4H3,(H,25,27,28)/b21-10+,26-16?/t13-,14-,15+,18?/m0/s1. The summed E-state index contributed by atoms with van der Waals surface area (Å²) in [4.78, 5) is 27.6. The Morgan fingerprint density at radius 1 is 1.28 bits per heavy atom. The summed E-state index contributed by atoms with van der Waals surface area (Å²) in [5, 5.41) is 4.05. The number of aliphatic imine (C=N–C) groups is 1. The molecule has 3 N–H and O–H groups in total. The van der Waals surface area contributed by atoms with E-state index in [2.05, 4.69) is 29.1 Å². The van der Waals surface area contributed by atoms with E-state index < -0.39 is 0 Å². The minimum absolute atomic E-state index is 0.0272. The Kier molecular flexibility index (Phi) is 6.27. The van der Waals surface area contributed by atoms with Crippen LogP contribution in [0.25, 0.3) is 10.9 Å². The molecule has 2 aliphatic rings. The van der Waals surface area contributed by atoms with Crippen molar-refractivity contribution in [2.75, 3.05) is 16.8 Å². The fourth-order valence-corrected chi connectivity index (χ4v) is 4.29. The van der Waals surface area contributed by atoms with Gasteiger partial charge in [0.1, 0.15) is 6.61 Å². The maximum Gasteiger partial charge on any atom is 0.414 e. The van der Waals surface area contributed by atoms with Crippen molar-refractivity contribution in [3.8, 4) is 0 Å². The predicted octanol–water partition coefficient (Wildman–Crippen LogP) is 3.60. The average molecular weight is 439 g/mol. The molecule has 2 aliphatic heterocycles. The highest BCUT2D eigenvalue weighted by atomic mass is 16.6. The number of aromatic nitrogens is 2. The van der Waals surface area contributed by atoms with E-state index in [0.717, 1.165) is 29.6 Å². The van der Waals surface area contributed by atoms with Crippen LogP contribution in [0.3, 0.4) is 0 Å². The SMILES string of the molecule is CC(=NC1C[C@@H](C)O[C@@H](C)C1)/C(=C\N)Nc1ncc2ccc(N3C(=O)OC[C@@H]3C)cc2n1. The summed E-state index contributed by atoms with van der Waals surface area (Å²) in [5.74, 6) is 0.409. The smallest absolute Gasteiger partial charge is 0.414 e. The van der Waals surface area contributed by atoms with Crippen molar-refractivity contribution >= 4 is 34.3 Å². The molecule has 0 radical (unpaired) electrons. The van der Waals surface area contributed by atoms with E-state index in [0.29, 0.717) is 23.8 Å². The minimum Gasteiger partial charge on any atom is -0.447 e. The number of cyclic esters (lactones) is 1. The van der Waals surface area contributed by atoms with E-state index in [1.165, 1.54) is 6.20 Å². The Morgan fingerprint density at radius 2 is 2.03 bits per heavy atom. The van der Waals surface area contributed by atoms with E-state index in [9.17, 15) is 4.79 Å². The van der Waals surface area contributed by atoms with Gasteiger partial charge in [-0.1, -0.05) is 0 Å². The highest BCUT2D eigenvalue weighted by molar-refractivity contribution is 6.00. The molecule has 2 fully saturated rings. The van der Waals surface area contributed by atoms with Crippen molar-refractivity contribution in [2.24, 2.45) is 10.7 Å². The summed E-state index contributed by atoms with van der Waals surface area (Å²) >= 11 is 0. The van der Waals surface area contributed by atoms with Crippen LogP contribution in [0.2, 0.25) is 0 Å². The van der Waals surface area contributed by atoms with Crippen molar-refractivity contribution in [3.05, 3.63) is 36.3 Å². The lowest BCUT2D eigenvalue weighted by atomic mass is 10.0. The van der Waals surface area contributed by atoms with Gasteiger partial charge < -0.3 is 20.5 Å². The number of carbonyl (C=O) groups is 1. The van der Waals surface area contributed by atoms with Crippen LogP contribution in [0.15, 0.2) is 41.3 Å². The Morgan fingerprint density at radius 3 is 2.69 bits per heavy atom. The van der Waals surface area contributed by atoms with Crippen molar-refractivity contribution in [1.82, 2.24) is 9.97 Å². The Bertz CT molecular complexity index is 1060. The number of hydrogen-bond acceptors (Lipinski definition) is 8. The van der Waals surface area contributed by atoms with Gasteiger partial charge >= 0.3 is 6.09 Å². The molecule has 170 valence electrons. The van der Waals surface area contributed by atoms with Crippen LogP contribution < -0.4 is 16.0 Å². The zero-order valence-electron chi connectivity index (χ0n) is 18.9. The van der Waals surface area contributed by atoms with Crippen molar-refractivity contribution in [3.63, 3.8) is 0 Å². The van der Waals surface area contributed by atoms with Crippen LogP contribution in [0.5, 0.6) is 0 Å². The van der Waals surface area contributed by atoms with Crippen LogP contribution >= 0.6 is 0 Å². The van der Waals surface area contributed by atoms with E-state index >= 15 is 0 Å². The third-order valence-corrected chi connectivity index (χ3v) is 5.78. The van der Waals surface area contributed by atoms with Crippen molar-refractivity contribution in [1.29, 1.82) is 0 Å². The summed E-state index contributed by atoms with van der Waals surface area (Å²) in [7, 11) is 0. The number of amides is 1. The fourth-order valence-electron chi connectivity index (χ4n) is 4.29. The molecule has 2 aromatic rings. The lowest BCUT2D eigenvalue weighted by Gasteiger charge is -2.30. The van der Waals surface area contributed by atoms with E-state index in [1.54, 1.807) is 11.1 Å². The minimum atomic E-state index is -0.346. The normalized spacial score (nSPS) is 27.0. The molecule has 0 saturated carbocycles. The number of nitrogens with zero attached hydrogens (tertiary/aromatic N) is 4. The fraction of sp³-hybridized carbons (Fsp3) is 0.478. The van der Waals surface area contributed by atoms with Gasteiger partial charge in [0, 0.05) is 23.5 Å². The van der Waals surface area contributed by atoms with E-state index in [-0.39, 0.29) is 30.4 Å². The number of benzene rings is 1. The number of ether oxygens (including phenoxy) is 2. The monoisotopic (exact) mass is 438 g/mol. The zero-order chi connectivity index (χ0) is 22.8. The topological polar surface area (TPSA) is 115 Å². The lowest BCUT2D eigenvalue weighted by molar-refractivity contribution is -0.0362. The molecule has 4 rings (SSSR count). The largest absolute Gasteiger partial charge is 0.447 e. The van der Waals surface area contributed by atoms with Crippen LogP contribution in [0.1, 0.15) is 40.5 Å². The first-order valence-corrected chi connectivity index (χ1v) is 11.0. The number of carbonyl (C=O) groups excluding carboxylic acids is 1. The molecule has 0 spiro atoms. The number of hydrogen-bond donors (Lipinski definition) is 2. The van der Waals surface area contributed by atoms with Crippen molar-refractivity contribution in [2.45, 2.75) is 64.8 Å². The summed E-state index contributed by atoms with van der Waals surface area (Å²) in [5.41, 5.74) is 8.80. The van der Waals surface area contributed by atoms with E-state index in [1.807, 2.05) is 32.0 Å². The molecule has 1 aromatic carbocycles. The second-order valence-corrected chi connectivity index (χ2v) is 8.54. The molecule has 2 saturated heterocycles. The molecule has 1 amide bonds. The average Bonchev–Trinajstić information content (AvgIpc) is 3.08. The molecular formula is C23H30N6O3. The Balaban J connectivity index is 1.54. The lowest BCUT2D eigenvalue weighted by Crippen LogP contribution is -2.32. The maximum absolute atomic E-state index is 12.1. The first kappa shape index (κ1) is 22.0. The molecule has 1 unspecified atom stereocenters. The highest BCUT2D eigenvalue weighted by Crippen LogP contribution is 2.27. The van der Waals surface area contributed by atoms with Gasteiger partial charge in [-0.2, -0.15) is 0 Å². The van der Waals surface area contributed by atoms with Gasteiger partial charge in [0.05, 0.1) is 41.2 Å². The second kappa shape index (κ2) is 9.12. The van der Waals surface area contributed by atoms with Crippen LogP contribution in [0, 0.1) is 0 Å². The van der Waals surface area contributed by atoms with Gasteiger partial charge in [0.15, 0.2) is 0 Å². The first-order chi connectivity index (χ1) is 15.3. The van der Waals surface area contributed by atoms with Gasteiger partial charge in [-0.3, -0.25) is 9.89 Å².